The van der Waals surface area contributed by atoms with Crippen molar-refractivity contribution in [3.05, 3.63) is 34.8 Å². The summed E-state index contributed by atoms with van der Waals surface area (Å²) in [6, 6.07) is 7.24. The molecule has 1 aromatic carbocycles. The topological polar surface area (TPSA) is 72.1 Å². The molecule has 0 bridgehead atoms. The maximum Gasteiger partial charge on any atom is 0.271 e. The van der Waals surface area contributed by atoms with E-state index in [1.807, 2.05) is 12.1 Å². The second-order valence-electron chi connectivity index (χ2n) is 4.26. The Balaban J connectivity index is 2.26. The van der Waals surface area contributed by atoms with Gasteiger partial charge in [-0.25, -0.2) is 0 Å². The molecular weight excluding hydrogens is 260 g/mol. The Morgan fingerprint density at radius 1 is 1.47 bits per heavy atom. The Labute approximate surface area is 116 Å². The van der Waals surface area contributed by atoms with Crippen LogP contribution >= 0.6 is 11.5 Å². The van der Waals surface area contributed by atoms with Crippen molar-refractivity contribution >= 4 is 28.8 Å². The second-order valence-corrected chi connectivity index (χ2v) is 5.01. The van der Waals surface area contributed by atoms with Gasteiger partial charge in [-0.05, 0) is 36.2 Å². The number of nitrogens with two attached hydrogens (primary N) is 1. The van der Waals surface area contributed by atoms with Crippen LogP contribution < -0.4 is 10.6 Å². The molecular formula is C13H16N4OS. The van der Waals surface area contributed by atoms with Crippen molar-refractivity contribution in [3.63, 3.8) is 0 Å². The summed E-state index contributed by atoms with van der Waals surface area (Å²) in [5.41, 5.74) is 7.90. The number of carbonyl (C=O) groups is 1. The molecule has 19 heavy (non-hydrogen) atoms. The van der Waals surface area contributed by atoms with E-state index < -0.39 is 0 Å². The van der Waals surface area contributed by atoms with Gasteiger partial charge in [0.25, 0.3) is 5.91 Å². The Bertz CT molecular complexity index is 582. The number of hydrogen-bond donors (Lipinski definition) is 1. The minimum atomic E-state index is -0.0935. The zero-order valence-corrected chi connectivity index (χ0v) is 11.8. The summed E-state index contributed by atoms with van der Waals surface area (Å²) in [5.74, 6) is -0.0935. The molecule has 2 rings (SSSR count). The lowest BCUT2D eigenvalue weighted by molar-refractivity contribution is 0.0996. The SMILES string of the molecule is CCCc1nnsc1C(=O)N(C)c1cccc(N)c1. The van der Waals surface area contributed by atoms with Crippen LogP contribution in [0.4, 0.5) is 11.4 Å². The van der Waals surface area contributed by atoms with Gasteiger partial charge in [-0.3, -0.25) is 4.79 Å². The zero-order valence-electron chi connectivity index (χ0n) is 11.0. The Kier molecular flexibility index (Phi) is 4.11. The number of aryl methyl sites for hydroxylation is 1. The van der Waals surface area contributed by atoms with Crippen LogP contribution in [0.1, 0.15) is 28.7 Å². The van der Waals surface area contributed by atoms with Gasteiger partial charge < -0.3 is 10.6 Å². The molecule has 0 aliphatic rings. The van der Waals surface area contributed by atoms with Gasteiger partial charge in [-0.2, -0.15) is 0 Å². The first-order valence-electron chi connectivity index (χ1n) is 6.08. The first-order valence-corrected chi connectivity index (χ1v) is 6.85. The quantitative estimate of drug-likeness (QED) is 0.870. The lowest BCUT2D eigenvalue weighted by Gasteiger charge is -2.17. The minimum absolute atomic E-state index is 0.0935. The van der Waals surface area contributed by atoms with Gasteiger partial charge in [0.15, 0.2) is 0 Å². The molecule has 0 saturated carbocycles. The third-order valence-corrected chi connectivity index (χ3v) is 3.56. The number of hydrogen-bond acceptors (Lipinski definition) is 5. The molecule has 1 aromatic heterocycles. The van der Waals surface area contributed by atoms with Gasteiger partial charge in [0, 0.05) is 18.4 Å². The van der Waals surface area contributed by atoms with Gasteiger partial charge in [0.05, 0.1) is 5.69 Å². The molecule has 0 atom stereocenters. The third-order valence-electron chi connectivity index (χ3n) is 2.80. The molecule has 0 aliphatic heterocycles. The maximum atomic E-state index is 12.4. The van der Waals surface area contributed by atoms with Crippen LogP contribution in [0.3, 0.4) is 0 Å². The minimum Gasteiger partial charge on any atom is -0.399 e. The number of nitrogen functional groups attached to an aromatic ring is 1. The zero-order chi connectivity index (χ0) is 13.8. The van der Waals surface area contributed by atoms with Gasteiger partial charge in [0.1, 0.15) is 4.88 Å². The molecule has 2 N–H and O–H groups in total. The molecule has 1 amide bonds. The van der Waals surface area contributed by atoms with Gasteiger partial charge in [-0.15, -0.1) is 5.10 Å². The van der Waals surface area contributed by atoms with Crippen LogP contribution in [0.2, 0.25) is 0 Å². The van der Waals surface area contributed by atoms with Gasteiger partial charge in [-0.1, -0.05) is 23.9 Å². The number of benzene rings is 1. The highest BCUT2D eigenvalue weighted by Gasteiger charge is 2.20. The van der Waals surface area contributed by atoms with Crippen LogP contribution in [-0.4, -0.2) is 22.5 Å². The maximum absolute atomic E-state index is 12.4. The predicted molar refractivity (Wildman–Crippen MR) is 77.5 cm³/mol. The first kappa shape index (κ1) is 13.5. The Morgan fingerprint density at radius 2 is 2.26 bits per heavy atom. The molecule has 0 saturated heterocycles. The van der Waals surface area contributed by atoms with Gasteiger partial charge in [0.2, 0.25) is 0 Å². The summed E-state index contributed by atoms with van der Waals surface area (Å²) >= 11 is 1.14. The molecule has 6 heteroatoms. The van der Waals surface area contributed by atoms with E-state index in [0.717, 1.165) is 35.8 Å². The molecule has 5 nitrogen and oxygen atoms in total. The van der Waals surface area contributed by atoms with Crippen LogP contribution in [-0.2, 0) is 6.42 Å². The normalized spacial score (nSPS) is 10.4. The van der Waals surface area contributed by atoms with E-state index in [0.29, 0.717) is 10.6 Å². The summed E-state index contributed by atoms with van der Waals surface area (Å²) in [7, 11) is 1.73. The fourth-order valence-electron chi connectivity index (χ4n) is 1.77. The molecule has 0 fully saturated rings. The van der Waals surface area contributed by atoms with E-state index in [-0.39, 0.29) is 5.91 Å². The molecule has 0 unspecified atom stereocenters. The van der Waals surface area contributed by atoms with E-state index in [2.05, 4.69) is 16.5 Å². The fourth-order valence-corrected chi connectivity index (χ4v) is 2.46. The van der Waals surface area contributed by atoms with E-state index in [9.17, 15) is 4.79 Å². The lowest BCUT2D eigenvalue weighted by Crippen LogP contribution is -2.26. The number of amides is 1. The second kappa shape index (κ2) is 5.79. The van der Waals surface area contributed by atoms with Crippen molar-refractivity contribution in [2.75, 3.05) is 17.7 Å². The highest BCUT2D eigenvalue weighted by molar-refractivity contribution is 7.08. The average Bonchev–Trinajstić information content (AvgIpc) is 2.86. The summed E-state index contributed by atoms with van der Waals surface area (Å²) in [5, 5.41) is 4.02. The van der Waals surface area contributed by atoms with Crippen molar-refractivity contribution in [1.82, 2.24) is 9.59 Å². The Hall–Kier alpha value is -1.95. The fraction of sp³-hybridized carbons (Fsp3) is 0.308. The van der Waals surface area contributed by atoms with Crippen molar-refractivity contribution in [2.24, 2.45) is 0 Å². The summed E-state index contributed by atoms with van der Waals surface area (Å²) in [6.07, 6.45) is 1.70. The highest BCUT2D eigenvalue weighted by Crippen LogP contribution is 2.21. The molecule has 100 valence electrons. The molecule has 1 heterocycles. The van der Waals surface area contributed by atoms with E-state index in [1.165, 1.54) is 0 Å². The number of anilines is 2. The number of nitrogens with zero attached hydrogens (tertiary/aromatic N) is 3. The summed E-state index contributed by atoms with van der Waals surface area (Å²) in [6.45, 7) is 2.05. The molecule has 2 aromatic rings. The van der Waals surface area contributed by atoms with Gasteiger partial charge >= 0.3 is 0 Å². The average molecular weight is 276 g/mol. The number of aromatic nitrogens is 2. The number of rotatable bonds is 4. The molecule has 0 radical (unpaired) electrons. The van der Waals surface area contributed by atoms with Crippen LogP contribution in [0, 0.1) is 0 Å². The third kappa shape index (κ3) is 2.90. The highest BCUT2D eigenvalue weighted by atomic mass is 32.1. The summed E-state index contributed by atoms with van der Waals surface area (Å²) < 4.78 is 3.87. The first-order chi connectivity index (χ1) is 9.13. The molecule has 0 aliphatic carbocycles. The monoisotopic (exact) mass is 276 g/mol. The predicted octanol–water partition coefficient (Wildman–Crippen LogP) is 2.35. The lowest BCUT2D eigenvalue weighted by atomic mass is 10.2. The van der Waals surface area contributed by atoms with Crippen molar-refractivity contribution in [2.45, 2.75) is 19.8 Å². The van der Waals surface area contributed by atoms with Crippen molar-refractivity contribution in [1.29, 1.82) is 0 Å². The standard InChI is InChI=1S/C13H16N4OS/c1-3-5-11-12(19-16-15-11)13(18)17(2)10-7-4-6-9(14)8-10/h4,6-8H,3,5,14H2,1-2H3. The van der Waals surface area contributed by atoms with E-state index >= 15 is 0 Å². The van der Waals surface area contributed by atoms with Crippen LogP contribution in [0.25, 0.3) is 0 Å². The van der Waals surface area contributed by atoms with Crippen LogP contribution in [0.15, 0.2) is 24.3 Å². The smallest absolute Gasteiger partial charge is 0.271 e. The van der Waals surface area contributed by atoms with Crippen molar-refractivity contribution < 1.29 is 4.79 Å². The Morgan fingerprint density at radius 3 is 2.95 bits per heavy atom. The van der Waals surface area contributed by atoms with E-state index in [4.69, 9.17) is 5.73 Å². The van der Waals surface area contributed by atoms with Crippen molar-refractivity contribution in [3.8, 4) is 0 Å². The largest absolute Gasteiger partial charge is 0.399 e. The van der Waals surface area contributed by atoms with E-state index in [1.54, 1.807) is 24.1 Å². The number of carbonyl (C=O) groups excluding carboxylic acids is 1. The van der Waals surface area contributed by atoms with Crippen LogP contribution in [0.5, 0.6) is 0 Å². The summed E-state index contributed by atoms with van der Waals surface area (Å²) in [4.78, 5) is 14.6. The molecule has 0 spiro atoms.